The van der Waals surface area contributed by atoms with E-state index in [2.05, 4.69) is 51.4 Å². The molecule has 2 rings (SSSR count). The van der Waals surface area contributed by atoms with Gasteiger partial charge in [0.05, 0.1) is 0 Å². The SMILES string of the molecule is CCC(C)(C)CNc1nc(NN)nc(N2CCCC2)n1. The molecule has 112 valence electrons. The van der Waals surface area contributed by atoms with Gasteiger partial charge in [0.1, 0.15) is 0 Å². The lowest BCUT2D eigenvalue weighted by Gasteiger charge is -2.23. The van der Waals surface area contributed by atoms with Crippen LogP contribution in [-0.2, 0) is 0 Å². The minimum Gasteiger partial charge on any atom is -0.353 e. The highest BCUT2D eigenvalue weighted by Crippen LogP contribution is 2.21. The first-order valence-electron chi connectivity index (χ1n) is 7.25. The zero-order valence-corrected chi connectivity index (χ0v) is 12.6. The van der Waals surface area contributed by atoms with Crippen molar-refractivity contribution >= 4 is 17.8 Å². The molecule has 4 N–H and O–H groups in total. The predicted molar refractivity (Wildman–Crippen MR) is 81.6 cm³/mol. The highest BCUT2D eigenvalue weighted by atomic mass is 15.4. The number of hydrogen-bond acceptors (Lipinski definition) is 7. The number of hydrogen-bond donors (Lipinski definition) is 3. The molecule has 0 aliphatic carbocycles. The molecule has 7 heteroatoms. The summed E-state index contributed by atoms with van der Waals surface area (Å²) in [7, 11) is 0. The van der Waals surface area contributed by atoms with Gasteiger partial charge in [-0.25, -0.2) is 5.84 Å². The van der Waals surface area contributed by atoms with E-state index in [9.17, 15) is 0 Å². The lowest BCUT2D eigenvalue weighted by atomic mass is 9.90. The molecule has 1 aromatic heterocycles. The largest absolute Gasteiger partial charge is 0.353 e. The van der Waals surface area contributed by atoms with Crippen molar-refractivity contribution in [2.45, 2.75) is 40.0 Å². The second-order valence-corrected chi connectivity index (χ2v) is 5.99. The lowest BCUT2D eigenvalue weighted by molar-refractivity contribution is 0.376. The molecule has 0 bridgehead atoms. The molecule has 1 aromatic rings. The Morgan fingerprint density at radius 3 is 2.40 bits per heavy atom. The van der Waals surface area contributed by atoms with Crippen molar-refractivity contribution in [3.8, 4) is 0 Å². The maximum atomic E-state index is 5.45. The maximum Gasteiger partial charge on any atom is 0.243 e. The Balaban J connectivity index is 2.13. The lowest BCUT2D eigenvalue weighted by Crippen LogP contribution is -2.26. The van der Waals surface area contributed by atoms with Gasteiger partial charge in [0.2, 0.25) is 17.8 Å². The number of nitrogen functional groups attached to an aromatic ring is 1. The summed E-state index contributed by atoms with van der Waals surface area (Å²) in [6.07, 6.45) is 3.46. The Bertz CT molecular complexity index is 440. The van der Waals surface area contributed by atoms with Crippen LogP contribution in [0.3, 0.4) is 0 Å². The number of nitrogens with two attached hydrogens (primary N) is 1. The summed E-state index contributed by atoms with van der Waals surface area (Å²) in [6.45, 7) is 9.41. The molecule has 0 amide bonds. The van der Waals surface area contributed by atoms with Gasteiger partial charge in [-0.1, -0.05) is 20.8 Å². The van der Waals surface area contributed by atoms with Crippen LogP contribution in [0, 0.1) is 5.41 Å². The van der Waals surface area contributed by atoms with Crippen molar-refractivity contribution in [1.29, 1.82) is 0 Å². The molecule has 1 aliphatic rings. The molecule has 0 radical (unpaired) electrons. The van der Waals surface area contributed by atoms with Crippen LogP contribution in [0.4, 0.5) is 17.8 Å². The van der Waals surface area contributed by atoms with Crippen LogP contribution >= 0.6 is 0 Å². The molecular formula is C13H25N7. The second-order valence-electron chi connectivity index (χ2n) is 5.99. The van der Waals surface area contributed by atoms with Gasteiger partial charge in [-0.15, -0.1) is 0 Å². The number of aromatic nitrogens is 3. The van der Waals surface area contributed by atoms with Crippen LogP contribution in [0.15, 0.2) is 0 Å². The minimum atomic E-state index is 0.205. The van der Waals surface area contributed by atoms with Crippen LogP contribution in [0.2, 0.25) is 0 Å². The number of hydrazine groups is 1. The van der Waals surface area contributed by atoms with Gasteiger partial charge in [-0.05, 0) is 24.7 Å². The van der Waals surface area contributed by atoms with E-state index in [0.717, 1.165) is 26.1 Å². The summed E-state index contributed by atoms with van der Waals surface area (Å²) >= 11 is 0. The van der Waals surface area contributed by atoms with E-state index >= 15 is 0 Å². The van der Waals surface area contributed by atoms with Gasteiger partial charge >= 0.3 is 0 Å². The monoisotopic (exact) mass is 279 g/mol. The van der Waals surface area contributed by atoms with Gasteiger partial charge in [-0.3, -0.25) is 5.43 Å². The van der Waals surface area contributed by atoms with E-state index in [-0.39, 0.29) is 5.41 Å². The minimum absolute atomic E-state index is 0.205. The first-order chi connectivity index (χ1) is 9.54. The molecule has 1 aliphatic heterocycles. The van der Waals surface area contributed by atoms with Crippen molar-refractivity contribution in [3.05, 3.63) is 0 Å². The van der Waals surface area contributed by atoms with Crippen molar-refractivity contribution in [3.63, 3.8) is 0 Å². The Labute approximate surface area is 120 Å². The van der Waals surface area contributed by atoms with Crippen LogP contribution in [-0.4, -0.2) is 34.6 Å². The van der Waals surface area contributed by atoms with E-state index in [0.29, 0.717) is 17.8 Å². The zero-order valence-electron chi connectivity index (χ0n) is 12.6. The summed E-state index contributed by atoms with van der Waals surface area (Å²) in [5.41, 5.74) is 2.72. The normalized spacial score (nSPS) is 15.5. The molecule has 0 aromatic carbocycles. The van der Waals surface area contributed by atoms with Crippen LogP contribution in [0.25, 0.3) is 0 Å². The number of rotatable bonds is 6. The fourth-order valence-corrected chi connectivity index (χ4v) is 2.01. The Morgan fingerprint density at radius 2 is 1.80 bits per heavy atom. The van der Waals surface area contributed by atoms with E-state index in [1.54, 1.807) is 0 Å². The van der Waals surface area contributed by atoms with Crippen molar-refractivity contribution in [2.75, 3.05) is 35.3 Å². The molecule has 20 heavy (non-hydrogen) atoms. The highest BCUT2D eigenvalue weighted by molar-refractivity contribution is 5.43. The third kappa shape index (κ3) is 3.69. The van der Waals surface area contributed by atoms with Crippen LogP contribution in [0.1, 0.15) is 40.0 Å². The third-order valence-electron chi connectivity index (χ3n) is 3.82. The first kappa shape index (κ1) is 14.8. The Morgan fingerprint density at radius 1 is 1.15 bits per heavy atom. The summed E-state index contributed by atoms with van der Waals surface area (Å²) in [5.74, 6) is 7.12. The average molecular weight is 279 g/mol. The van der Waals surface area contributed by atoms with E-state index in [1.165, 1.54) is 12.8 Å². The fourth-order valence-electron chi connectivity index (χ4n) is 2.01. The van der Waals surface area contributed by atoms with Gasteiger partial charge in [0.25, 0.3) is 0 Å². The standard InChI is InChI=1S/C13H25N7/c1-4-13(2,3)9-15-10-16-11(19-14)18-12(17-10)20-7-5-6-8-20/h4-9,14H2,1-3H3,(H2,15,16,17,18,19). The van der Waals surface area contributed by atoms with Gasteiger partial charge in [0, 0.05) is 19.6 Å². The molecule has 0 atom stereocenters. The smallest absolute Gasteiger partial charge is 0.243 e. The summed E-state index contributed by atoms with van der Waals surface area (Å²) in [6, 6.07) is 0. The zero-order chi connectivity index (χ0) is 14.6. The van der Waals surface area contributed by atoms with Crippen LogP contribution < -0.4 is 21.5 Å². The van der Waals surface area contributed by atoms with Gasteiger partial charge < -0.3 is 10.2 Å². The molecule has 2 heterocycles. The number of nitrogens with one attached hydrogen (secondary N) is 2. The molecule has 1 saturated heterocycles. The topological polar surface area (TPSA) is 92.0 Å². The number of anilines is 3. The summed E-state index contributed by atoms with van der Waals surface area (Å²) < 4.78 is 0. The van der Waals surface area contributed by atoms with E-state index in [1.807, 2.05) is 0 Å². The molecule has 0 saturated carbocycles. The quantitative estimate of drug-likeness (QED) is 0.538. The average Bonchev–Trinajstić information content (AvgIpc) is 2.99. The Hall–Kier alpha value is -1.63. The van der Waals surface area contributed by atoms with Crippen molar-refractivity contribution in [1.82, 2.24) is 15.0 Å². The third-order valence-corrected chi connectivity index (χ3v) is 3.82. The van der Waals surface area contributed by atoms with E-state index < -0.39 is 0 Å². The Kier molecular flexibility index (Phi) is 4.59. The predicted octanol–water partition coefficient (Wildman–Crippen LogP) is 1.61. The van der Waals surface area contributed by atoms with Crippen LogP contribution in [0.5, 0.6) is 0 Å². The summed E-state index contributed by atoms with van der Waals surface area (Å²) in [5, 5.41) is 3.29. The molecule has 1 fully saturated rings. The fraction of sp³-hybridized carbons (Fsp3) is 0.769. The summed E-state index contributed by atoms with van der Waals surface area (Å²) in [4.78, 5) is 15.3. The van der Waals surface area contributed by atoms with E-state index in [4.69, 9.17) is 5.84 Å². The molecule has 7 nitrogen and oxygen atoms in total. The van der Waals surface area contributed by atoms with Gasteiger partial charge in [0.15, 0.2) is 0 Å². The molecule has 0 unspecified atom stereocenters. The highest BCUT2D eigenvalue weighted by Gasteiger charge is 2.19. The van der Waals surface area contributed by atoms with Crippen molar-refractivity contribution in [2.24, 2.45) is 11.3 Å². The van der Waals surface area contributed by atoms with Gasteiger partial charge in [-0.2, -0.15) is 15.0 Å². The van der Waals surface area contributed by atoms with Crippen molar-refractivity contribution < 1.29 is 0 Å². The first-order valence-corrected chi connectivity index (χ1v) is 7.25. The maximum absolute atomic E-state index is 5.45. The second kappa shape index (κ2) is 6.21. The number of nitrogens with zero attached hydrogens (tertiary/aromatic N) is 4. The molecular weight excluding hydrogens is 254 g/mol. The molecule has 0 spiro atoms.